The monoisotopic (exact) mass is 307 g/mol. The van der Waals surface area contributed by atoms with Crippen molar-refractivity contribution >= 4 is 21.5 Å². The lowest BCUT2D eigenvalue weighted by atomic mass is 10.3. The highest BCUT2D eigenvalue weighted by atomic mass is 32.2. The lowest BCUT2D eigenvalue weighted by Crippen LogP contribution is -2.14. The molecule has 0 radical (unpaired) electrons. The molecule has 0 atom stereocenters. The largest absolute Gasteiger partial charge is 0.492 e. The lowest BCUT2D eigenvalue weighted by Gasteiger charge is -2.13. The lowest BCUT2D eigenvalue weighted by molar-refractivity contribution is 0.342. The molecule has 112 valence electrons. The number of hydrogen-bond donors (Lipinski definition) is 2. The molecule has 0 saturated carbocycles. The summed E-state index contributed by atoms with van der Waals surface area (Å²) in [4.78, 5) is 4.13. The molecule has 2 aromatic rings. The number of ether oxygens (including phenoxy) is 1. The Morgan fingerprint density at radius 3 is 2.71 bits per heavy atom. The standard InChI is InChI=1S/C14H17N3O3S/c1-3-20-13-7-5-4-6-12(13)17-21(18,19)11-8-9-16-14(10-11)15-2/h4-10,17H,3H2,1-2H3,(H,15,16). The van der Waals surface area contributed by atoms with Crippen LogP contribution < -0.4 is 14.8 Å². The third-order valence-corrected chi connectivity index (χ3v) is 4.09. The Hall–Kier alpha value is -2.28. The van der Waals surface area contributed by atoms with Crippen LogP contribution in [0, 0.1) is 0 Å². The molecule has 0 saturated heterocycles. The van der Waals surface area contributed by atoms with E-state index in [4.69, 9.17) is 4.74 Å². The van der Waals surface area contributed by atoms with Crippen LogP contribution in [0.2, 0.25) is 0 Å². The van der Waals surface area contributed by atoms with Crippen molar-refractivity contribution in [1.29, 1.82) is 0 Å². The number of rotatable bonds is 6. The summed E-state index contributed by atoms with van der Waals surface area (Å²) in [5.74, 6) is 0.974. The fourth-order valence-corrected chi connectivity index (χ4v) is 2.83. The molecule has 0 aliphatic carbocycles. The minimum atomic E-state index is -3.70. The first kappa shape index (κ1) is 15.1. The maximum Gasteiger partial charge on any atom is 0.262 e. The first-order chi connectivity index (χ1) is 10.1. The number of sulfonamides is 1. The van der Waals surface area contributed by atoms with E-state index in [1.165, 1.54) is 18.3 Å². The number of benzene rings is 1. The second-order valence-corrected chi connectivity index (χ2v) is 5.84. The van der Waals surface area contributed by atoms with Crippen LogP contribution in [0.4, 0.5) is 11.5 Å². The molecule has 21 heavy (non-hydrogen) atoms. The highest BCUT2D eigenvalue weighted by Crippen LogP contribution is 2.26. The Morgan fingerprint density at radius 1 is 1.24 bits per heavy atom. The summed E-state index contributed by atoms with van der Waals surface area (Å²) in [6, 6.07) is 9.80. The number of nitrogens with one attached hydrogen (secondary N) is 2. The molecule has 0 spiro atoms. The summed E-state index contributed by atoms with van der Waals surface area (Å²) in [5.41, 5.74) is 0.405. The van der Waals surface area contributed by atoms with Gasteiger partial charge in [-0.3, -0.25) is 4.72 Å². The van der Waals surface area contributed by atoms with Gasteiger partial charge in [-0.2, -0.15) is 0 Å². The van der Waals surface area contributed by atoms with E-state index >= 15 is 0 Å². The van der Waals surface area contributed by atoms with Gasteiger partial charge in [-0.1, -0.05) is 12.1 Å². The number of para-hydroxylation sites is 2. The molecular weight excluding hydrogens is 290 g/mol. The van der Waals surface area contributed by atoms with Crippen LogP contribution in [-0.4, -0.2) is 27.1 Å². The molecule has 0 fully saturated rings. The van der Waals surface area contributed by atoms with Crippen molar-refractivity contribution in [3.63, 3.8) is 0 Å². The number of aromatic nitrogens is 1. The van der Waals surface area contributed by atoms with E-state index in [1.54, 1.807) is 31.3 Å². The van der Waals surface area contributed by atoms with Gasteiger partial charge >= 0.3 is 0 Å². The maximum atomic E-state index is 12.4. The van der Waals surface area contributed by atoms with Crippen molar-refractivity contribution in [3.05, 3.63) is 42.6 Å². The van der Waals surface area contributed by atoms with Gasteiger partial charge in [0, 0.05) is 19.3 Å². The van der Waals surface area contributed by atoms with Crippen molar-refractivity contribution in [2.24, 2.45) is 0 Å². The van der Waals surface area contributed by atoms with E-state index < -0.39 is 10.0 Å². The summed E-state index contributed by atoms with van der Waals surface area (Å²) in [6.45, 7) is 2.30. The van der Waals surface area contributed by atoms with Crippen LogP contribution in [-0.2, 0) is 10.0 Å². The number of anilines is 2. The minimum absolute atomic E-state index is 0.133. The van der Waals surface area contributed by atoms with E-state index in [1.807, 2.05) is 6.92 Å². The van der Waals surface area contributed by atoms with Gasteiger partial charge in [0.05, 0.1) is 17.2 Å². The number of pyridine rings is 1. The molecule has 2 rings (SSSR count). The summed E-state index contributed by atoms with van der Waals surface area (Å²) in [5, 5.41) is 2.81. The van der Waals surface area contributed by atoms with Crippen LogP contribution >= 0.6 is 0 Å². The van der Waals surface area contributed by atoms with Crippen molar-refractivity contribution < 1.29 is 13.2 Å². The second kappa shape index (κ2) is 6.45. The van der Waals surface area contributed by atoms with E-state index in [0.29, 0.717) is 23.9 Å². The smallest absolute Gasteiger partial charge is 0.262 e. The van der Waals surface area contributed by atoms with Gasteiger partial charge in [-0.25, -0.2) is 13.4 Å². The first-order valence-electron chi connectivity index (χ1n) is 6.45. The van der Waals surface area contributed by atoms with Crippen LogP contribution in [0.1, 0.15) is 6.92 Å². The fourth-order valence-electron chi connectivity index (χ4n) is 1.75. The van der Waals surface area contributed by atoms with Crippen molar-refractivity contribution in [2.45, 2.75) is 11.8 Å². The SMILES string of the molecule is CCOc1ccccc1NS(=O)(=O)c1ccnc(NC)c1. The molecule has 0 aliphatic heterocycles. The minimum Gasteiger partial charge on any atom is -0.492 e. The molecule has 2 N–H and O–H groups in total. The zero-order valence-electron chi connectivity index (χ0n) is 11.8. The van der Waals surface area contributed by atoms with E-state index in [0.717, 1.165) is 0 Å². The average molecular weight is 307 g/mol. The fraction of sp³-hybridized carbons (Fsp3) is 0.214. The zero-order valence-corrected chi connectivity index (χ0v) is 12.6. The summed E-state index contributed by atoms with van der Waals surface area (Å²) in [6.07, 6.45) is 1.44. The molecule has 7 heteroatoms. The quantitative estimate of drug-likeness (QED) is 0.856. The zero-order chi connectivity index (χ0) is 15.3. The molecule has 0 bridgehead atoms. The van der Waals surface area contributed by atoms with Crippen molar-refractivity contribution in [3.8, 4) is 5.75 Å². The molecule has 1 aromatic heterocycles. The molecule has 0 unspecified atom stereocenters. The van der Waals surface area contributed by atoms with Gasteiger partial charge in [-0.05, 0) is 25.1 Å². The summed E-state index contributed by atoms with van der Waals surface area (Å²) in [7, 11) is -2.02. The van der Waals surface area contributed by atoms with Gasteiger partial charge in [0.15, 0.2) is 0 Å². The Bertz CT molecular complexity index is 717. The molecular formula is C14H17N3O3S. The van der Waals surface area contributed by atoms with Gasteiger partial charge in [-0.15, -0.1) is 0 Å². The van der Waals surface area contributed by atoms with Crippen LogP contribution in [0.15, 0.2) is 47.5 Å². The van der Waals surface area contributed by atoms with E-state index in [-0.39, 0.29) is 4.90 Å². The van der Waals surface area contributed by atoms with Gasteiger partial charge in [0.1, 0.15) is 11.6 Å². The predicted octanol–water partition coefficient (Wildman–Crippen LogP) is 2.32. The Labute approximate surface area is 124 Å². The Kier molecular flexibility index (Phi) is 4.64. The predicted molar refractivity (Wildman–Crippen MR) is 82.2 cm³/mol. The van der Waals surface area contributed by atoms with Gasteiger partial charge in [0.25, 0.3) is 10.0 Å². The molecule has 1 aromatic carbocycles. The molecule has 0 amide bonds. The number of hydrogen-bond acceptors (Lipinski definition) is 5. The number of nitrogens with zero attached hydrogens (tertiary/aromatic N) is 1. The van der Waals surface area contributed by atoms with Crippen molar-refractivity contribution in [2.75, 3.05) is 23.7 Å². The highest BCUT2D eigenvalue weighted by Gasteiger charge is 2.17. The van der Waals surface area contributed by atoms with Crippen LogP contribution in [0.3, 0.4) is 0 Å². The maximum absolute atomic E-state index is 12.4. The van der Waals surface area contributed by atoms with Crippen molar-refractivity contribution in [1.82, 2.24) is 4.98 Å². The van der Waals surface area contributed by atoms with E-state index in [2.05, 4.69) is 15.0 Å². The Balaban J connectivity index is 2.33. The normalized spacial score (nSPS) is 11.0. The van der Waals surface area contributed by atoms with Crippen LogP contribution in [0.25, 0.3) is 0 Å². The topological polar surface area (TPSA) is 80.3 Å². The van der Waals surface area contributed by atoms with Gasteiger partial charge < -0.3 is 10.1 Å². The molecule has 1 heterocycles. The average Bonchev–Trinajstić information content (AvgIpc) is 2.49. The van der Waals surface area contributed by atoms with Gasteiger partial charge in [0.2, 0.25) is 0 Å². The third kappa shape index (κ3) is 3.63. The highest BCUT2D eigenvalue weighted by molar-refractivity contribution is 7.92. The van der Waals surface area contributed by atoms with Crippen LogP contribution in [0.5, 0.6) is 5.75 Å². The molecule has 6 nitrogen and oxygen atoms in total. The third-order valence-electron chi connectivity index (χ3n) is 2.73. The first-order valence-corrected chi connectivity index (χ1v) is 7.93. The molecule has 0 aliphatic rings. The summed E-state index contributed by atoms with van der Waals surface area (Å²) >= 11 is 0. The second-order valence-electron chi connectivity index (χ2n) is 4.16. The summed E-state index contributed by atoms with van der Waals surface area (Å²) < 4.78 is 32.8. The Morgan fingerprint density at radius 2 is 2.00 bits per heavy atom. The van der Waals surface area contributed by atoms with E-state index in [9.17, 15) is 8.42 Å².